The number of ether oxygens (including phenoxy) is 1. The first-order valence-corrected chi connectivity index (χ1v) is 6.27. The van der Waals surface area contributed by atoms with E-state index in [2.05, 4.69) is 5.32 Å². The molecule has 1 atom stereocenters. The maximum Gasteiger partial charge on any atom is 0.221 e. The average molecular weight is 261 g/mol. The van der Waals surface area contributed by atoms with Gasteiger partial charge in [0.15, 0.2) is 0 Å². The summed E-state index contributed by atoms with van der Waals surface area (Å²) < 4.78 is 5.84. The van der Waals surface area contributed by atoms with E-state index in [1.807, 2.05) is 39.0 Å². The number of amides is 1. The molecular weight excluding hydrogens is 242 g/mol. The van der Waals surface area contributed by atoms with Crippen LogP contribution in [0.2, 0.25) is 0 Å². The molecule has 1 heterocycles. The van der Waals surface area contributed by atoms with Crippen molar-refractivity contribution in [2.24, 2.45) is 0 Å². The lowest BCUT2D eigenvalue weighted by atomic mass is 9.95. The smallest absolute Gasteiger partial charge is 0.221 e. The van der Waals surface area contributed by atoms with Crippen molar-refractivity contribution < 1.29 is 14.6 Å². The second kappa shape index (κ2) is 4.70. The molecule has 19 heavy (non-hydrogen) atoms. The van der Waals surface area contributed by atoms with Crippen LogP contribution >= 0.6 is 0 Å². The number of rotatable bonds is 2. The lowest BCUT2D eigenvalue weighted by Gasteiger charge is -2.31. The summed E-state index contributed by atoms with van der Waals surface area (Å²) >= 11 is 0. The third kappa shape index (κ3) is 2.49. The number of carbonyl (C=O) groups excluding carboxylic acids is 1. The standard InChI is InChI=1S/C15H19NO3/c1-9-7-13-12(5-6-15(4,8-17)19-13)10(2)14(9)16-11(3)18/h5-7,17H,8H2,1-4H3,(H,16,18). The number of hydrogen-bond donors (Lipinski definition) is 2. The fourth-order valence-electron chi connectivity index (χ4n) is 2.25. The number of aliphatic hydroxyl groups is 1. The zero-order valence-corrected chi connectivity index (χ0v) is 11.7. The van der Waals surface area contributed by atoms with E-state index in [-0.39, 0.29) is 12.5 Å². The Kier molecular flexibility index (Phi) is 3.37. The molecule has 1 aliphatic heterocycles. The number of carbonyl (C=O) groups is 1. The van der Waals surface area contributed by atoms with Gasteiger partial charge in [-0.25, -0.2) is 0 Å². The second-order valence-corrected chi connectivity index (χ2v) is 5.19. The van der Waals surface area contributed by atoms with Crippen LogP contribution in [0.5, 0.6) is 5.75 Å². The van der Waals surface area contributed by atoms with Crippen LogP contribution in [0.1, 0.15) is 30.5 Å². The molecule has 0 radical (unpaired) electrons. The van der Waals surface area contributed by atoms with E-state index < -0.39 is 5.60 Å². The second-order valence-electron chi connectivity index (χ2n) is 5.19. The molecule has 1 unspecified atom stereocenters. The zero-order valence-electron chi connectivity index (χ0n) is 11.7. The molecule has 0 saturated heterocycles. The highest BCUT2D eigenvalue weighted by molar-refractivity contribution is 5.92. The van der Waals surface area contributed by atoms with Crippen LogP contribution in [0, 0.1) is 13.8 Å². The first kappa shape index (κ1) is 13.6. The van der Waals surface area contributed by atoms with E-state index in [9.17, 15) is 9.90 Å². The van der Waals surface area contributed by atoms with Gasteiger partial charge >= 0.3 is 0 Å². The molecule has 0 fully saturated rings. The first-order chi connectivity index (χ1) is 8.86. The molecule has 102 valence electrons. The fourth-order valence-corrected chi connectivity index (χ4v) is 2.25. The molecule has 0 bridgehead atoms. The molecule has 1 amide bonds. The quantitative estimate of drug-likeness (QED) is 0.859. The number of benzene rings is 1. The van der Waals surface area contributed by atoms with E-state index in [0.29, 0.717) is 0 Å². The van der Waals surface area contributed by atoms with Crippen LogP contribution < -0.4 is 10.1 Å². The molecular formula is C15H19NO3. The number of anilines is 1. The number of fused-ring (bicyclic) bond motifs is 1. The minimum Gasteiger partial charge on any atom is -0.480 e. The van der Waals surface area contributed by atoms with Crippen LogP contribution in [0.3, 0.4) is 0 Å². The molecule has 0 aromatic heterocycles. The van der Waals surface area contributed by atoms with Crippen LogP contribution in [0.15, 0.2) is 12.1 Å². The Morgan fingerprint density at radius 1 is 1.47 bits per heavy atom. The lowest BCUT2D eigenvalue weighted by molar-refractivity contribution is -0.114. The van der Waals surface area contributed by atoms with Crippen LogP contribution in [-0.2, 0) is 4.79 Å². The van der Waals surface area contributed by atoms with Crippen molar-refractivity contribution in [2.45, 2.75) is 33.3 Å². The summed E-state index contributed by atoms with van der Waals surface area (Å²) in [5.41, 5.74) is 3.01. The van der Waals surface area contributed by atoms with Crippen molar-refractivity contribution in [3.8, 4) is 5.75 Å². The topological polar surface area (TPSA) is 58.6 Å². The van der Waals surface area contributed by atoms with E-state index >= 15 is 0 Å². The maximum atomic E-state index is 11.2. The van der Waals surface area contributed by atoms with Gasteiger partial charge in [0.25, 0.3) is 0 Å². The van der Waals surface area contributed by atoms with Gasteiger partial charge in [-0.15, -0.1) is 0 Å². The molecule has 4 nitrogen and oxygen atoms in total. The Morgan fingerprint density at radius 3 is 2.74 bits per heavy atom. The molecule has 1 aromatic rings. The summed E-state index contributed by atoms with van der Waals surface area (Å²) in [5.74, 6) is 0.648. The molecule has 0 spiro atoms. The predicted octanol–water partition coefficient (Wildman–Crippen LogP) is 2.42. The van der Waals surface area contributed by atoms with Crippen LogP contribution in [0.25, 0.3) is 6.08 Å². The minimum absolute atomic E-state index is 0.0749. The monoisotopic (exact) mass is 261 g/mol. The maximum absolute atomic E-state index is 11.2. The Hall–Kier alpha value is -1.81. The number of nitrogens with one attached hydrogen (secondary N) is 1. The van der Waals surface area contributed by atoms with Crippen molar-refractivity contribution in [1.29, 1.82) is 0 Å². The Balaban J connectivity index is 2.51. The molecule has 2 rings (SSSR count). The van der Waals surface area contributed by atoms with E-state index in [1.165, 1.54) is 6.92 Å². The van der Waals surface area contributed by atoms with Crippen molar-refractivity contribution >= 4 is 17.7 Å². The van der Waals surface area contributed by atoms with Gasteiger partial charge in [-0.1, -0.05) is 6.08 Å². The van der Waals surface area contributed by atoms with E-state index in [1.54, 1.807) is 0 Å². The van der Waals surface area contributed by atoms with Crippen LogP contribution in [-0.4, -0.2) is 23.2 Å². The lowest BCUT2D eigenvalue weighted by Crippen LogP contribution is -2.36. The molecule has 4 heteroatoms. The summed E-state index contributed by atoms with van der Waals surface area (Å²) in [4.78, 5) is 11.2. The molecule has 1 aromatic carbocycles. The summed E-state index contributed by atoms with van der Waals surface area (Å²) in [5, 5.41) is 12.2. The number of aliphatic hydroxyl groups excluding tert-OH is 1. The van der Waals surface area contributed by atoms with Gasteiger partial charge in [0, 0.05) is 18.2 Å². The number of aryl methyl sites for hydroxylation is 1. The van der Waals surface area contributed by atoms with E-state index in [0.717, 1.165) is 28.1 Å². The normalized spacial score (nSPS) is 20.7. The Morgan fingerprint density at radius 2 is 2.16 bits per heavy atom. The van der Waals surface area contributed by atoms with Gasteiger partial charge in [0.05, 0.1) is 6.61 Å². The average Bonchev–Trinajstić information content (AvgIpc) is 2.34. The van der Waals surface area contributed by atoms with Crippen molar-refractivity contribution in [3.05, 3.63) is 28.8 Å². The minimum atomic E-state index is -0.679. The summed E-state index contributed by atoms with van der Waals surface area (Å²) in [6, 6.07) is 1.89. The third-order valence-electron chi connectivity index (χ3n) is 3.35. The summed E-state index contributed by atoms with van der Waals surface area (Å²) in [7, 11) is 0. The Labute approximate surface area is 113 Å². The molecule has 0 saturated carbocycles. The summed E-state index contributed by atoms with van der Waals surface area (Å²) in [6.07, 6.45) is 3.78. The fraction of sp³-hybridized carbons (Fsp3) is 0.400. The largest absolute Gasteiger partial charge is 0.480 e. The summed E-state index contributed by atoms with van der Waals surface area (Å²) in [6.45, 7) is 7.13. The van der Waals surface area contributed by atoms with Gasteiger partial charge in [-0.2, -0.15) is 0 Å². The highest BCUT2D eigenvalue weighted by Crippen LogP contribution is 2.38. The van der Waals surface area contributed by atoms with Crippen molar-refractivity contribution in [2.75, 3.05) is 11.9 Å². The predicted molar refractivity (Wildman–Crippen MR) is 75.4 cm³/mol. The Bertz CT molecular complexity index is 563. The van der Waals surface area contributed by atoms with Gasteiger partial charge in [0.1, 0.15) is 11.4 Å². The molecule has 1 aliphatic rings. The van der Waals surface area contributed by atoms with Crippen molar-refractivity contribution in [3.63, 3.8) is 0 Å². The molecule has 2 N–H and O–H groups in total. The first-order valence-electron chi connectivity index (χ1n) is 6.27. The van der Waals surface area contributed by atoms with Gasteiger partial charge in [0.2, 0.25) is 5.91 Å². The SMILES string of the molecule is CC(=O)Nc1c(C)cc2c(c1C)C=CC(C)(CO)O2. The van der Waals surface area contributed by atoms with Gasteiger partial charge in [-0.05, 0) is 44.0 Å². The third-order valence-corrected chi connectivity index (χ3v) is 3.35. The van der Waals surface area contributed by atoms with Crippen LogP contribution in [0.4, 0.5) is 5.69 Å². The zero-order chi connectivity index (χ0) is 14.2. The van der Waals surface area contributed by atoms with Gasteiger partial charge in [-0.3, -0.25) is 4.79 Å². The number of hydrogen-bond acceptors (Lipinski definition) is 3. The van der Waals surface area contributed by atoms with E-state index in [4.69, 9.17) is 4.74 Å². The van der Waals surface area contributed by atoms with Gasteiger partial charge < -0.3 is 15.2 Å². The highest BCUT2D eigenvalue weighted by Gasteiger charge is 2.28. The van der Waals surface area contributed by atoms with Crippen molar-refractivity contribution in [1.82, 2.24) is 0 Å². The molecule has 0 aliphatic carbocycles. The highest BCUT2D eigenvalue weighted by atomic mass is 16.5.